The molecule has 1 rings (SSSR count). The van der Waals surface area contributed by atoms with Crippen molar-refractivity contribution < 1.29 is 12.6 Å². The topological polar surface area (TPSA) is 43.4 Å². The Morgan fingerprint density at radius 1 is 1.31 bits per heavy atom. The zero-order chi connectivity index (χ0) is 9.90. The van der Waals surface area contributed by atoms with Gasteiger partial charge in [0.2, 0.25) is 0 Å². The van der Waals surface area contributed by atoms with Crippen LogP contribution in [0.15, 0.2) is 11.1 Å². The third-order valence-corrected chi connectivity index (χ3v) is 2.88. The molecule has 0 atom stereocenters. The zero-order valence-electron chi connectivity index (χ0n) is 8.17. The van der Waals surface area contributed by atoms with Gasteiger partial charge in [-0.15, -0.1) is 0 Å². The molecule has 3 nitrogen and oxygen atoms in total. The van der Waals surface area contributed by atoms with Crippen LogP contribution in [0.2, 0.25) is 0 Å². The fraction of sp³-hybridized carbons (Fsp3) is 0.778. The SMILES string of the molecule is CC1=C(COS(C)(=O)=O)CCCC1. The van der Waals surface area contributed by atoms with E-state index in [0.717, 1.165) is 31.1 Å². The van der Waals surface area contributed by atoms with Crippen molar-refractivity contribution in [2.24, 2.45) is 0 Å². The van der Waals surface area contributed by atoms with Gasteiger partial charge in [0.05, 0.1) is 12.9 Å². The summed E-state index contributed by atoms with van der Waals surface area (Å²) in [6.07, 6.45) is 5.53. The van der Waals surface area contributed by atoms with Gasteiger partial charge in [0.25, 0.3) is 10.1 Å². The maximum absolute atomic E-state index is 10.7. The summed E-state index contributed by atoms with van der Waals surface area (Å²) in [6.45, 7) is 2.31. The van der Waals surface area contributed by atoms with E-state index in [-0.39, 0.29) is 6.61 Å². The Morgan fingerprint density at radius 2 is 1.92 bits per heavy atom. The van der Waals surface area contributed by atoms with Crippen LogP contribution in [-0.4, -0.2) is 21.3 Å². The first kappa shape index (κ1) is 10.7. The first-order valence-corrected chi connectivity index (χ1v) is 6.32. The summed E-state index contributed by atoms with van der Waals surface area (Å²) in [4.78, 5) is 0. The molecule has 0 aliphatic heterocycles. The predicted octanol–water partition coefficient (Wildman–Crippen LogP) is 1.85. The van der Waals surface area contributed by atoms with Crippen LogP contribution in [0, 0.1) is 0 Å². The maximum atomic E-state index is 10.7. The second-order valence-electron chi connectivity index (χ2n) is 3.56. The minimum Gasteiger partial charge on any atom is -0.266 e. The molecule has 0 saturated heterocycles. The lowest BCUT2D eigenvalue weighted by Crippen LogP contribution is -2.09. The number of hydrogen-bond donors (Lipinski definition) is 0. The van der Waals surface area contributed by atoms with E-state index in [0.29, 0.717) is 0 Å². The smallest absolute Gasteiger partial charge is 0.264 e. The fourth-order valence-electron chi connectivity index (χ4n) is 1.49. The highest BCUT2D eigenvalue weighted by Gasteiger charge is 2.11. The van der Waals surface area contributed by atoms with E-state index in [1.807, 2.05) is 0 Å². The molecule has 1 aliphatic rings. The number of allylic oxidation sites excluding steroid dienone is 1. The van der Waals surface area contributed by atoms with Crippen LogP contribution in [-0.2, 0) is 14.3 Å². The van der Waals surface area contributed by atoms with Crippen LogP contribution in [0.3, 0.4) is 0 Å². The van der Waals surface area contributed by atoms with Crippen molar-refractivity contribution in [3.63, 3.8) is 0 Å². The molecule has 0 aromatic rings. The molecule has 0 aromatic carbocycles. The molecule has 13 heavy (non-hydrogen) atoms. The third kappa shape index (κ3) is 3.91. The Labute approximate surface area is 79.9 Å². The van der Waals surface area contributed by atoms with Crippen molar-refractivity contribution in [2.45, 2.75) is 32.6 Å². The molecule has 0 spiro atoms. The molecule has 0 heterocycles. The van der Waals surface area contributed by atoms with Crippen LogP contribution in [0.5, 0.6) is 0 Å². The van der Waals surface area contributed by atoms with Gasteiger partial charge in [-0.2, -0.15) is 8.42 Å². The molecule has 76 valence electrons. The molecule has 0 amide bonds. The molecule has 0 aromatic heterocycles. The van der Waals surface area contributed by atoms with E-state index in [1.165, 1.54) is 12.0 Å². The van der Waals surface area contributed by atoms with Crippen molar-refractivity contribution in [1.82, 2.24) is 0 Å². The van der Waals surface area contributed by atoms with Gasteiger partial charge >= 0.3 is 0 Å². The Kier molecular flexibility index (Phi) is 3.50. The molecule has 1 aliphatic carbocycles. The van der Waals surface area contributed by atoms with Gasteiger partial charge < -0.3 is 0 Å². The molecule has 4 heteroatoms. The fourth-order valence-corrected chi connectivity index (χ4v) is 1.85. The molecule has 0 bridgehead atoms. The Balaban J connectivity index is 2.53. The quantitative estimate of drug-likeness (QED) is 0.520. The van der Waals surface area contributed by atoms with Crippen molar-refractivity contribution in [2.75, 3.05) is 12.9 Å². The lowest BCUT2D eigenvalue weighted by atomic mass is 9.93. The summed E-state index contributed by atoms with van der Waals surface area (Å²) < 4.78 is 26.2. The summed E-state index contributed by atoms with van der Waals surface area (Å²) in [5.41, 5.74) is 2.46. The largest absolute Gasteiger partial charge is 0.266 e. The highest BCUT2D eigenvalue weighted by atomic mass is 32.2. The van der Waals surface area contributed by atoms with Gasteiger partial charge in [-0.3, -0.25) is 4.18 Å². The summed E-state index contributed by atoms with van der Waals surface area (Å²) in [5, 5.41) is 0. The zero-order valence-corrected chi connectivity index (χ0v) is 8.99. The van der Waals surface area contributed by atoms with Gasteiger partial charge in [-0.25, -0.2) is 0 Å². The molecule has 0 radical (unpaired) electrons. The van der Waals surface area contributed by atoms with E-state index in [4.69, 9.17) is 4.18 Å². The lowest BCUT2D eigenvalue weighted by Gasteiger charge is -2.16. The van der Waals surface area contributed by atoms with Gasteiger partial charge in [0, 0.05) is 0 Å². The van der Waals surface area contributed by atoms with Gasteiger partial charge in [0.1, 0.15) is 0 Å². The van der Waals surface area contributed by atoms with Crippen LogP contribution in [0.25, 0.3) is 0 Å². The van der Waals surface area contributed by atoms with Gasteiger partial charge in [-0.05, 0) is 38.2 Å². The molecular formula is C9H16O3S. The lowest BCUT2D eigenvalue weighted by molar-refractivity contribution is 0.343. The summed E-state index contributed by atoms with van der Waals surface area (Å²) in [6, 6.07) is 0. The first-order valence-electron chi connectivity index (χ1n) is 4.51. The van der Waals surface area contributed by atoms with Crippen LogP contribution >= 0.6 is 0 Å². The first-order chi connectivity index (χ1) is 5.99. The van der Waals surface area contributed by atoms with Crippen LogP contribution in [0.4, 0.5) is 0 Å². The highest BCUT2D eigenvalue weighted by molar-refractivity contribution is 7.85. The maximum Gasteiger partial charge on any atom is 0.264 e. The monoisotopic (exact) mass is 204 g/mol. The molecule has 0 unspecified atom stereocenters. The Bertz CT molecular complexity index is 301. The molecular weight excluding hydrogens is 188 g/mol. The molecule has 0 fully saturated rings. The second kappa shape index (κ2) is 4.24. The second-order valence-corrected chi connectivity index (χ2v) is 5.20. The van der Waals surface area contributed by atoms with E-state index in [9.17, 15) is 8.42 Å². The average Bonchev–Trinajstić information content (AvgIpc) is 2.01. The summed E-state index contributed by atoms with van der Waals surface area (Å²) in [7, 11) is -3.28. The minimum atomic E-state index is -3.28. The van der Waals surface area contributed by atoms with Gasteiger partial charge in [0.15, 0.2) is 0 Å². The van der Waals surface area contributed by atoms with Crippen LogP contribution in [0.1, 0.15) is 32.6 Å². The van der Waals surface area contributed by atoms with E-state index in [1.54, 1.807) is 0 Å². The predicted molar refractivity (Wildman–Crippen MR) is 52.0 cm³/mol. The van der Waals surface area contributed by atoms with Crippen LogP contribution < -0.4 is 0 Å². The average molecular weight is 204 g/mol. The van der Waals surface area contributed by atoms with Crippen molar-refractivity contribution in [1.29, 1.82) is 0 Å². The van der Waals surface area contributed by atoms with E-state index in [2.05, 4.69) is 6.92 Å². The third-order valence-electron chi connectivity index (χ3n) is 2.33. The van der Waals surface area contributed by atoms with Gasteiger partial charge in [-0.1, -0.05) is 5.57 Å². The molecule has 0 N–H and O–H groups in total. The minimum absolute atomic E-state index is 0.255. The number of rotatable bonds is 3. The highest BCUT2D eigenvalue weighted by Crippen LogP contribution is 2.24. The molecule has 0 saturated carbocycles. The summed E-state index contributed by atoms with van der Waals surface area (Å²) in [5.74, 6) is 0. The van der Waals surface area contributed by atoms with Crippen molar-refractivity contribution in [3.05, 3.63) is 11.1 Å². The van der Waals surface area contributed by atoms with E-state index >= 15 is 0 Å². The summed E-state index contributed by atoms with van der Waals surface area (Å²) >= 11 is 0. The Hall–Kier alpha value is -0.350. The van der Waals surface area contributed by atoms with E-state index < -0.39 is 10.1 Å². The standard InChI is InChI=1S/C9H16O3S/c1-8-5-3-4-6-9(8)7-12-13(2,10)11/h3-7H2,1-2H3. The van der Waals surface area contributed by atoms with Crippen molar-refractivity contribution in [3.8, 4) is 0 Å². The van der Waals surface area contributed by atoms with Crippen molar-refractivity contribution >= 4 is 10.1 Å². The Morgan fingerprint density at radius 3 is 2.46 bits per heavy atom. The normalized spacial score (nSPS) is 19.2. The number of hydrogen-bond acceptors (Lipinski definition) is 3.